The summed E-state index contributed by atoms with van der Waals surface area (Å²) in [6, 6.07) is 10.2. The molecule has 0 amide bonds. The maximum atomic E-state index is 8.62. The number of nitriles is 1. The SMILES string of the molecule is CCC/C(=C\Sc1ccccc1)SC#N. The van der Waals surface area contributed by atoms with Crippen molar-refractivity contribution in [2.24, 2.45) is 0 Å². The van der Waals surface area contributed by atoms with E-state index in [1.807, 2.05) is 18.2 Å². The minimum atomic E-state index is 0.984. The van der Waals surface area contributed by atoms with Gasteiger partial charge in [-0.05, 0) is 35.7 Å². The molecule has 0 atom stereocenters. The van der Waals surface area contributed by atoms with E-state index in [2.05, 4.69) is 29.9 Å². The molecule has 3 heteroatoms. The third-order valence-corrected chi connectivity index (χ3v) is 3.51. The first-order valence-electron chi connectivity index (χ1n) is 4.83. The number of rotatable bonds is 5. The molecule has 78 valence electrons. The second-order valence-electron chi connectivity index (χ2n) is 2.96. The monoisotopic (exact) mass is 235 g/mol. The summed E-state index contributed by atoms with van der Waals surface area (Å²) in [5, 5.41) is 12.8. The molecule has 0 fully saturated rings. The molecule has 0 aliphatic rings. The minimum absolute atomic E-state index is 0.984. The number of thioether (sulfide) groups is 2. The zero-order valence-corrected chi connectivity index (χ0v) is 10.3. The molecule has 0 unspecified atom stereocenters. The average molecular weight is 235 g/mol. The smallest absolute Gasteiger partial charge is 0.138 e. The topological polar surface area (TPSA) is 23.8 Å². The fraction of sp³-hybridized carbons (Fsp3) is 0.250. The quantitative estimate of drug-likeness (QED) is 0.549. The molecule has 0 spiro atoms. The van der Waals surface area contributed by atoms with Crippen LogP contribution >= 0.6 is 23.5 Å². The standard InChI is InChI=1S/C12H13NS2/c1-2-6-12(15-10-13)9-14-11-7-4-3-5-8-11/h3-5,7-9H,2,6H2,1H3/b12-9+. The molecule has 0 aliphatic carbocycles. The van der Waals surface area contributed by atoms with E-state index in [-0.39, 0.29) is 0 Å². The molecule has 1 nitrogen and oxygen atoms in total. The third kappa shape index (κ3) is 4.96. The van der Waals surface area contributed by atoms with Gasteiger partial charge in [0.25, 0.3) is 0 Å². The van der Waals surface area contributed by atoms with Crippen molar-refractivity contribution < 1.29 is 0 Å². The summed E-state index contributed by atoms with van der Waals surface area (Å²) in [7, 11) is 0. The summed E-state index contributed by atoms with van der Waals surface area (Å²) < 4.78 is 0. The molecule has 0 bridgehead atoms. The van der Waals surface area contributed by atoms with E-state index in [0.29, 0.717) is 0 Å². The van der Waals surface area contributed by atoms with Crippen LogP contribution in [0.5, 0.6) is 0 Å². The summed E-state index contributed by atoms with van der Waals surface area (Å²) >= 11 is 2.94. The van der Waals surface area contributed by atoms with E-state index in [4.69, 9.17) is 5.26 Å². The number of hydrogen-bond donors (Lipinski definition) is 0. The first-order chi connectivity index (χ1) is 7.36. The van der Waals surface area contributed by atoms with Crippen LogP contribution in [0.4, 0.5) is 0 Å². The molecule has 0 saturated heterocycles. The Hall–Kier alpha value is -0.850. The van der Waals surface area contributed by atoms with Gasteiger partial charge in [-0.3, -0.25) is 0 Å². The fourth-order valence-corrected chi connectivity index (χ4v) is 2.53. The highest BCUT2D eigenvalue weighted by molar-refractivity contribution is 8.09. The van der Waals surface area contributed by atoms with Gasteiger partial charge in [-0.1, -0.05) is 43.3 Å². The molecule has 0 saturated carbocycles. The predicted octanol–water partition coefficient (Wildman–Crippen LogP) is 4.63. The largest absolute Gasteiger partial charge is 0.185 e. The molecule has 1 rings (SSSR count). The molecule has 0 N–H and O–H groups in total. The first-order valence-corrected chi connectivity index (χ1v) is 6.53. The van der Waals surface area contributed by atoms with E-state index in [1.54, 1.807) is 11.8 Å². The number of hydrogen-bond acceptors (Lipinski definition) is 3. The van der Waals surface area contributed by atoms with Crippen LogP contribution < -0.4 is 0 Å². The van der Waals surface area contributed by atoms with Crippen LogP contribution in [-0.4, -0.2) is 0 Å². The van der Waals surface area contributed by atoms with Crippen LogP contribution in [0.2, 0.25) is 0 Å². The third-order valence-electron chi connectivity index (χ3n) is 1.74. The van der Waals surface area contributed by atoms with Crippen molar-refractivity contribution >= 4 is 23.5 Å². The van der Waals surface area contributed by atoms with Crippen LogP contribution in [0, 0.1) is 10.7 Å². The van der Waals surface area contributed by atoms with E-state index < -0.39 is 0 Å². The van der Waals surface area contributed by atoms with Crippen LogP contribution in [-0.2, 0) is 0 Å². The van der Waals surface area contributed by atoms with Gasteiger partial charge in [0.2, 0.25) is 0 Å². The Kier molecular flexibility index (Phi) is 6.06. The summed E-state index contributed by atoms with van der Waals surface area (Å²) in [6.07, 6.45) is 2.06. The number of benzene rings is 1. The zero-order valence-electron chi connectivity index (χ0n) is 8.64. The average Bonchev–Trinajstić information content (AvgIpc) is 2.28. The lowest BCUT2D eigenvalue weighted by Gasteiger charge is -1.99. The summed E-state index contributed by atoms with van der Waals surface area (Å²) in [6.45, 7) is 2.12. The lowest BCUT2D eigenvalue weighted by Crippen LogP contribution is -1.74. The molecule has 1 aromatic rings. The van der Waals surface area contributed by atoms with Crippen LogP contribution in [0.15, 0.2) is 45.5 Å². The van der Waals surface area contributed by atoms with E-state index >= 15 is 0 Å². The van der Waals surface area contributed by atoms with Gasteiger partial charge in [0.1, 0.15) is 5.40 Å². The number of nitrogens with zero attached hydrogens (tertiary/aromatic N) is 1. The van der Waals surface area contributed by atoms with Gasteiger partial charge >= 0.3 is 0 Å². The molecule has 0 heterocycles. The van der Waals surface area contributed by atoms with E-state index in [0.717, 1.165) is 17.7 Å². The molecular weight excluding hydrogens is 222 g/mol. The lowest BCUT2D eigenvalue weighted by atomic mass is 10.3. The normalized spacial score (nSPS) is 11.1. The van der Waals surface area contributed by atoms with E-state index in [9.17, 15) is 0 Å². The van der Waals surface area contributed by atoms with Crippen molar-refractivity contribution in [2.45, 2.75) is 24.7 Å². The van der Waals surface area contributed by atoms with Gasteiger partial charge in [0.15, 0.2) is 0 Å². The van der Waals surface area contributed by atoms with Crippen molar-refractivity contribution in [1.82, 2.24) is 0 Å². The molecular formula is C12H13NS2. The molecule has 0 aromatic heterocycles. The zero-order chi connectivity index (χ0) is 10.9. The Morgan fingerprint density at radius 2 is 2.13 bits per heavy atom. The summed E-state index contributed by atoms with van der Waals surface area (Å²) in [5.41, 5.74) is 0. The molecule has 15 heavy (non-hydrogen) atoms. The predicted molar refractivity (Wildman–Crippen MR) is 68.5 cm³/mol. The number of allylic oxidation sites excluding steroid dienone is 1. The Morgan fingerprint density at radius 3 is 2.73 bits per heavy atom. The summed E-state index contributed by atoms with van der Waals surface area (Å²) in [4.78, 5) is 2.36. The maximum Gasteiger partial charge on any atom is 0.138 e. The van der Waals surface area contributed by atoms with Gasteiger partial charge in [0, 0.05) is 9.80 Å². The molecule has 0 aliphatic heterocycles. The minimum Gasteiger partial charge on any atom is -0.185 e. The van der Waals surface area contributed by atoms with Crippen molar-refractivity contribution in [3.63, 3.8) is 0 Å². The van der Waals surface area contributed by atoms with Crippen molar-refractivity contribution in [3.8, 4) is 5.40 Å². The van der Waals surface area contributed by atoms with Gasteiger partial charge in [0.05, 0.1) is 0 Å². The highest BCUT2D eigenvalue weighted by Gasteiger charge is 1.97. The van der Waals surface area contributed by atoms with Crippen molar-refractivity contribution in [1.29, 1.82) is 5.26 Å². The van der Waals surface area contributed by atoms with Gasteiger partial charge in [-0.2, -0.15) is 5.26 Å². The molecule has 1 aromatic carbocycles. The Balaban J connectivity index is 2.57. The van der Waals surface area contributed by atoms with Crippen LogP contribution in [0.3, 0.4) is 0 Å². The molecule has 0 radical (unpaired) electrons. The Morgan fingerprint density at radius 1 is 1.40 bits per heavy atom. The number of thiocyanates is 1. The second-order valence-corrected chi connectivity index (χ2v) is 4.81. The van der Waals surface area contributed by atoms with Gasteiger partial charge in [-0.25, -0.2) is 0 Å². The van der Waals surface area contributed by atoms with Gasteiger partial charge in [-0.15, -0.1) is 0 Å². The van der Waals surface area contributed by atoms with Gasteiger partial charge < -0.3 is 0 Å². The Bertz CT molecular complexity index is 352. The lowest BCUT2D eigenvalue weighted by molar-refractivity contribution is 0.950. The Labute approximate surface area is 99.6 Å². The van der Waals surface area contributed by atoms with E-state index in [1.165, 1.54) is 16.7 Å². The fourth-order valence-electron chi connectivity index (χ4n) is 1.07. The van der Waals surface area contributed by atoms with Crippen LogP contribution in [0.1, 0.15) is 19.8 Å². The highest BCUT2D eigenvalue weighted by Crippen LogP contribution is 2.27. The first kappa shape index (κ1) is 12.2. The van der Waals surface area contributed by atoms with Crippen molar-refractivity contribution in [3.05, 3.63) is 40.6 Å². The maximum absolute atomic E-state index is 8.62. The second kappa shape index (κ2) is 7.44. The van der Waals surface area contributed by atoms with Crippen LogP contribution in [0.25, 0.3) is 0 Å². The van der Waals surface area contributed by atoms with Crippen molar-refractivity contribution in [2.75, 3.05) is 0 Å². The highest BCUT2D eigenvalue weighted by atomic mass is 32.2. The summed E-state index contributed by atoms with van der Waals surface area (Å²) in [5.74, 6) is 0.